The van der Waals surface area contributed by atoms with Gasteiger partial charge in [0.15, 0.2) is 4.90 Å². The lowest BCUT2D eigenvalue weighted by molar-refractivity contribution is 0.224. The molecule has 1 aliphatic heterocycles. The van der Waals surface area contributed by atoms with Gasteiger partial charge in [0.2, 0.25) is 11.8 Å². The number of aryl methyl sites for hydroxylation is 3. The van der Waals surface area contributed by atoms with Gasteiger partial charge in [0, 0.05) is 24.4 Å². The molecular formula is C13H16N6O4S. The lowest BCUT2D eigenvalue weighted by atomic mass is 10.4. The van der Waals surface area contributed by atoms with E-state index < -0.39 is 16.1 Å². The molecule has 128 valence electrons. The Kier molecular flexibility index (Phi) is 4.09. The molecule has 0 atom stereocenters. The van der Waals surface area contributed by atoms with E-state index >= 15 is 0 Å². The lowest BCUT2D eigenvalue weighted by Gasteiger charge is -2.16. The largest absolute Gasteiger partial charge is 0.477 e. The number of carbonyl (C=O) groups excluding carboxylic acids is 1. The number of anilines is 1. The summed E-state index contributed by atoms with van der Waals surface area (Å²) >= 11 is 0. The van der Waals surface area contributed by atoms with Crippen LogP contribution in [0.2, 0.25) is 0 Å². The summed E-state index contributed by atoms with van der Waals surface area (Å²) in [6.45, 7) is 4.44. The number of sulfonamides is 1. The van der Waals surface area contributed by atoms with Crippen molar-refractivity contribution in [3.05, 3.63) is 23.7 Å². The van der Waals surface area contributed by atoms with Gasteiger partial charge in [-0.1, -0.05) is 0 Å². The molecule has 2 aromatic rings. The second kappa shape index (κ2) is 6.07. The van der Waals surface area contributed by atoms with Gasteiger partial charge in [-0.15, -0.1) is 0 Å². The van der Waals surface area contributed by atoms with Crippen molar-refractivity contribution in [2.75, 3.05) is 11.9 Å². The number of fused-ring (bicyclic) bond motifs is 1. The summed E-state index contributed by atoms with van der Waals surface area (Å²) in [6, 6.07) is 0.770. The fourth-order valence-electron chi connectivity index (χ4n) is 2.32. The van der Waals surface area contributed by atoms with Gasteiger partial charge in [0.25, 0.3) is 10.0 Å². The molecule has 2 aromatic heterocycles. The van der Waals surface area contributed by atoms with Crippen LogP contribution in [-0.2, 0) is 16.6 Å². The molecule has 0 saturated carbocycles. The first-order chi connectivity index (χ1) is 11.3. The average Bonchev–Trinajstić information content (AvgIpc) is 2.89. The summed E-state index contributed by atoms with van der Waals surface area (Å²) in [4.78, 5) is 19.8. The van der Waals surface area contributed by atoms with Gasteiger partial charge in [0.1, 0.15) is 0 Å². The van der Waals surface area contributed by atoms with Crippen LogP contribution in [0.5, 0.6) is 5.88 Å². The van der Waals surface area contributed by atoms with E-state index in [2.05, 4.69) is 20.4 Å². The number of aromatic nitrogens is 4. The molecule has 0 unspecified atom stereocenters. The van der Waals surface area contributed by atoms with E-state index in [9.17, 15) is 13.2 Å². The second-order valence-electron chi connectivity index (χ2n) is 5.27. The lowest BCUT2D eigenvalue weighted by Crippen LogP contribution is -2.35. The van der Waals surface area contributed by atoms with Gasteiger partial charge in [-0.25, -0.2) is 32.6 Å². The van der Waals surface area contributed by atoms with Crippen molar-refractivity contribution in [1.82, 2.24) is 24.5 Å². The Morgan fingerprint density at radius 2 is 2.00 bits per heavy atom. The highest BCUT2D eigenvalue weighted by Crippen LogP contribution is 2.26. The Balaban J connectivity index is 1.77. The van der Waals surface area contributed by atoms with E-state index in [0.717, 1.165) is 12.6 Å². The predicted molar refractivity (Wildman–Crippen MR) is 83.2 cm³/mol. The van der Waals surface area contributed by atoms with Gasteiger partial charge in [0.05, 0.1) is 12.8 Å². The van der Waals surface area contributed by atoms with Crippen molar-refractivity contribution in [3.8, 4) is 5.88 Å². The van der Waals surface area contributed by atoms with E-state index in [-0.39, 0.29) is 16.7 Å². The highest BCUT2D eigenvalue weighted by molar-refractivity contribution is 7.90. The molecule has 3 heterocycles. The Hall–Kier alpha value is -2.69. The maximum absolute atomic E-state index is 12.4. The Bertz CT molecular complexity index is 872. The first-order valence-corrected chi connectivity index (χ1v) is 8.68. The van der Waals surface area contributed by atoms with Gasteiger partial charge in [-0.05, 0) is 19.9 Å². The molecule has 0 saturated heterocycles. The van der Waals surface area contributed by atoms with Crippen LogP contribution in [0, 0.1) is 13.8 Å². The van der Waals surface area contributed by atoms with Gasteiger partial charge in [-0.2, -0.15) is 5.10 Å². The van der Waals surface area contributed by atoms with Crippen LogP contribution >= 0.6 is 0 Å². The smallest absolute Gasteiger partial charge is 0.335 e. The minimum atomic E-state index is -4.12. The molecule has 0 aliphatic carbocycles. The Morgan fingerprint density at radius 3 is 2.71 bits per heavy atom. The van der Waals surface area contributed by atoms with Crippen molar-refractivity contribution >= 4 is 22.0 Å². The summed E-state index contributed by atoms with van der Waals surface area (Å²) in [5, 5.41) is 6.26. The van der Waals surface area contributed by atoms with Crippen LogP contribution in [0.25, 0.3) is 0 Å². The second-order valence-corrected chi connectivity index (χ2v) is 6.92. The Labute approximate surface area is 138 Å². The average molecular weight is 352 g/mol. The number of hydrogen-bond donors (Lipinski definition) is 2. The number of carbonyl (C=O) groups is 1. The van der Waals surface area contributed by atoms with Crippen LogP contribution in [0.15, 0.2) is 17.2 Å². The predicted octanol–water partition coefficient (Wildman–Crippen LogP) is 0.583. The van der Waals surface area contributed by atoms with Crippen LogP contribution in [0.1, 0.15) is 17.8 Å². The van der Waals surface area contributed by atoms with Crippen molar-refractivity contribution in [1.29, 1.82) is 0 Å². The molecule has 2 amide bonds. The maximum atomic E-state index is 12.4. The first-order valence-electron chi connectivity index (χ1n) is 7.20. The van der Waals surface area contributed by atoms with Gasteiger partial charge < -0.3 is 4.74 Å². The van der Waals surface area contributed by atoms with E-state index in [4.69, 9.17) is 4.74 Å². The molecule has 0 radical (unpaired) electrons. The number of urea groups is 1. The molecule has 0 spiro atoms. The third-order valence-corrected chi connectivity index (χ3v) is 4.55. The van der Waals surface area contributed by atoms with Crippen molar-refractivity contribution in [2.24, 2.45) is 0 Å². The van der Waals surface area contributed by atoms with Crippen LogP contribution in [0.3, 0.4) is 0 Å². The van der Waals surface area contributed by atoms with E-state index in [1.165, 1.54) is 4.68 Å². The van der Waals surface area contributed by atoms with Gasteiger partial charge >= 0.3 is 6.03 Å². The number of ether oxygens (including phenoxy) is 1. The molecule has 1 aliphatic rings. The van der Waals surface area contributed by atoms with Gasteiger partial charge in [-0.3, -0.25) is 5.32 Å². The van der Waals surface area contributed by atoms with E-state index in [1.54, 1.807) is 19.9 Å². The number of amides is 2. The molecule has 24 heavy (non-hydrogen) atoms. The zero-order chi connectivity index (χ0) is 17.3. The fourth-order valence-corrected chi connectivity index (χ4v) is 3.30. The molecule has 10 nitrogen and oxygen atoms in total. The highest BCUT2D eigenvalue weighted by Gasteiger charge is 2.28. The van der Waals surface area contributed by atoms with E-state index in [1.807, 2.05) is 4.72 Å². The zero-order valence-corrected chi connectivity index (χ0v) is 13.9. The fraction of sp³-hybridized carbons (Fsp3) is 0.385. The Morgan fingerprint density at radius 1 is 1.29 bits per heavy atom. The molecule has 0 aromatic carbocycles. The molecule has 3 rings (SSSR count). The normalized spacial score (nSPS) is 13.8. The van der Waals surface area contributed by atoms with Crippen molar-refractivity contribution in [2.45, 2.75) is 31.7 Å². The minimum absolute atomic E-state index is 0.0217. The number of hydrogen-bond acceptors (Lipinski definition) is 7. The minimum Gasteiger partial charge on any atom is -0.477 e. The zero-order valence-electron chi connectivity index (χ0n) is 13.1. The maximum Gasteiger partial charge on any atom is 0.335 e. The molecular weight excluding hydrogens is 336 g/mol. The van der Waals surface area contributed by atoms with Crippen molar-refractivity contribution in [3.63, 3.8) is 0 Å². The highest BCUT2D eigenvalue weighted by atomic mass is 32.2. The van der Waals surface area contributed by atoms with Crippen LogP contribution < -0.4 is 14.8 Å². The number of nitrogens with zero attached hydrogens (tertiary/aromatic N) is 4. The first kappa shape index (κ1) is 16.2. The standard InChI is InChI=1S/C13H16N6O4S/c1-8-6-9(2)16-12(15-8)17-13(20)18-24(21,22)10-7-14-19-4-3-5-23-11(10)19/h6-7H,3-5H2,1-2H3,(H2,15,16,17,18,20). The quantitative estimate of drug-likeness (QED) is 0.827. The van der Waals surface area contributed by atoms with Crippen LogP contribution in [-0.4, -0.2) is 40.8 Å². The van der Waals surface area contributed by atoms with Crippen LogP contribution in [0.4, 0.5) is 10.7 Å². The summed E-state index contributed by atoms with van der Waals surface area (Å²) in [6.07, 6.45) is 1.90. The monoisotopic (exact) mass is 352 g/mol. The molecule has 0 bridgehead atoms. The summed E-state index contributed by atoms with van der Waals surface area (Å²) < 4.78 is 33.4. The summed E-state index contributed by atoms with van der Waals surface area (Å²) in [5.41, 5.74) is 1.31. The number of rotatable bonds is 3. The third kappa shape index (κ3) is 3.30. The SMILES string of the molecule is Cc1cc(C)nc(NC(=O)NS(=O)(=O)c2cnn3c2OCCC3)n1. The molecule has 0 fully saturated rings. The summed E-state index contributed by atoms with van der Waals surface area (Å²) in [7, 11) is -4.12. The van der Waals surface area contributed by atoms with Crippen molar-refractivity contribution < 1.29 is 17.9 Å². The summed E-state index contributed by atoms with van der Waals surface area (Å²) in [5.74, 6) is 0.151. The topological polar surface area (TPSA) is 128 Å². The third-order valence-electron chi connectivity index (χ3n) is 3.24. The number of nitrogens with one attached hydrogen (secondary N) is 2. The molecule has 2 N–H and O–H groups in total. The molecule has 11 heteroatoms. The van der Waals surface area contributed by atoms with E-state index in [0.29, 0.717) is 24.5 Å².